The molecule has 3 aromatic rings. The van der Waals surface area contributed by atoms with E-state index in [-0.39, 0.29) is 5.82 Å². The number of allylic oxidation sites excluding steroid dienone is 3. The summed E-state index contributed by atoms with van der Waals surface area (Å²) in [7, 11) is 0. The van der Waals surface area contributed by atoms with Gasteiger partial charge in [-0.1, -0.05) is 48.9 Å². The minimum atomic E-state index is -0.0843. The Hall–Kier alpha value is -2.61. The minimum absolute atomic E-state index is 0.0843. The number of H-pyrrole nitrogens is 1. The highest BCUT2D eigenvalue weighted by Crippen LogP contribution is 2.39. The fourth-order valence-corrected chi connectivity index (χ4v) is 5.22. The number of aromatic amines is 1. The van der Waals surface area contributed by atoms with Gasteiger partial charge in [0.1, 0.15) is 5.82 Å². The van der Waals surface area contributed by atoms with Crippen molar-refractivity contribution in [1.29, 1.82) is 0 Å². The van der Waals surface area contributed by atoms with Crippen molar-refractivity contribution >= 4 is 16.5 Å². The predicted octanol–water partition coefficient (Wildman–Crippen LogP) is 8.15. The van der Waals surface area contributed by atoms with Gasteiger partial charge >= 0.3 is 0 Å². The van der Waals surface area contributed by atoms with Crippen LogP contribution in [0.3, 0.4) is 0 Å². The van der Waals surface area contributed by atoms with Gasteiger partial charge in [0, 0.05) is 22.2 Å². The second kappa shape index (κ2) is 8.26. The summed E-state index contributed by atoms with van der Waals surface area (Å²) >= 11 is 0. The fraction of sp³-hybridized carbons (Fsp3) is 0.357. The third-order valence-corrected chi connectivity index (χ3v) is 6.86. The molecule has 0 atom stereocenters. The molecule has 2 aliphatic carbocycles. The molecule has 1 nitrogen and oxygen atoms in total. The van der Waals surface area contributed by atoms with Crippen molar-refractivity contribution in [2.75, 3.05) is 0 Å². The first-order valence-electron chi connectivity index (χ1n) is 11.5. The molecule has 0 aliphatic heterocycles. The Morgan fingerprint density at radius 2 is 1.80 bits per heavy atom. The summed E-state index contributed by atoms with van der Waals surface area (Å²) in [5.74, 6) is -0.0843. The molecule has 0 bridgehead atoms. The summed E-state index contributed by atoms with van der Waals surface area (Å²) in [6.07, 6.45) is 13.5. The zero-order valence-electron chi connectivity index (χ0n) is 17.7. The lowest BCUT2D eigenvalue weighted by Crippen LogP contribution is -1.97. The quantitative estimate of drug-likeness (QED) is 0.428. The smallest absolute Gasteiger partial charge is 0.127 e. The number of rotatable bonds is 3. The van der Waals surface area contributed by atoms with Crippen molar-refractivity contribution in [3.63, 3.8) is 0 Å². The largest absolute Gasteiger partial charge is 0.354 e. The van der Waals surface area contributed by atoms with Gasteiger partial charge in [0.15, 0.2) is 0 Å². The monoisotopic (exact) mass is 399 g/mol. The first-order chi connectivity index (χ1) is 14.7. The van der Waals surface area contributed by atoms with E-state index in [1.807, 2.05) is 6.07 Å². The maximum atomic E-state index is 15.1. The van der Waals surface area contributed by atoms with Crippen molar-refractivity contribution in [2.24, 2.45) is 0 Å². The molecule has 1 N–H and O–H groups in total. The standard InChI is InChI=1S/C28H30FN/c1-19-9-6-7-12-24-27-23(19)13-8-14-26(27)30-28(24)22-16-15-21(25(29)18-22)17-20-10-4-2-3-5-11-20/h8,10,13-16,18,30H,1-7,9,11-12,17H2. The zero-order valence-corrected chi connectivity index (χ0v) is 17.7. The van der Waals surface area contributed by atoms with Crippen LogP contribution in [0.2, 0.25) is 0 Å². The number of benzene rings is 2. The van der Waals surface area contributed by atoms with Crippen LogP contribution < -0.4 is 0 Å². The molecule has 2 aliphatic rings. The summed E-state index contributed by atoms with van der Waals surface area (Å²) < 4.78 is 15.1. The lowest BCUT2D eigenvalue weighted by atomic mass is 9.89. The van der Waals surface area contributed by atoms with Gasteiger partial charge in [0.2, 0.25) is 0 Å². The molecule has 2 heteroatoms. The molecular weight excluding hydrogens is 369 g/mol. The van der Waals surface area contributed by atoms with Crippen LogP contribution in [0.25, 0.3) is 27.7 Å². The van der Waals surface area contributed by atoms with E-state index in [9.17, 15) is 0 Å². The highest BCUT2D eigenvalue weighted by Gasteiger charge is 2.20. The van der Waals surface area contributed by atoms with E-state index in [1.54, 1.807) is 6.07 Å². The average molecular weight is 400 g/mol. The number of hydrogen-bond acceptors (Lipinski definition) is 0. The van der Waals surface area contributed by atoms with Gasteiger partial charge in [-0.2, -0.15) is 0 Å². The van der Waals surface area contributed by atoms with E-state index in [0.29, 0.717) is 0 Å². The molecule has 0 unspecified atom stereocenters. The van der Waals surface area contributed by atoms with Gasteiger partial charge in [0.05, 0.1) is 0 Å². The van der Waals surface area contributed by atoms with Gasteiger partial charge < -0.3 is 4.98 Å². The van der Waals surface area contributed by atoms with Crippen molar-refractivity contribution in [3.05, 3.63) is 77.1 Å². The van der Waals surface area contributed by atoms with Crippen LogP contribution in [0.15, 0.2) is 54.6 Å². The van der Waals surface area contributed by atoms with E-state index in [2.05, 4.69) is 41.9 Å². The Balaban J connectivity index is 1.54. The fourth-order valence-electron chi connectivity index (χ4n) is 5.22. The molecule has 0 amide bonds. The van der Waals surface area contributed by atoms with E-state index in [4.69, 9.17) is 0 Å². The lowest BCUT2D eigenvalue weighted by Gasteiger charge is -2.14. The molecule has 1 heterocycles. The SMILES string of the molecule is C=C1CCCCc2c(-c3ccc(CC4=CCCCCC4)c(F)c3)[nH]c3cccc1c23. The van der Waals surface area contributed by atoms with Gasteiger partial charge in [-0.3, -0.25) is 0 Å². The van der Waals surface area contributed by atoms with Gasteiger partial charge in [0.25, 0.3) is 0 Å². The van der Waals surface area contributed by atoms with Crippen LogP contribution >= 0.6 is 0 Å². The summed E-state index contributed by atoms with van der Waals surface area (Å²) in [6, 6.07) is 12.2. The first kappa shape index (κ1) is 19.4. The Morgan fingerprint density at radius 3 is 2.70 bits per heavy atom. The number of nitrogens with one attached hydrogen (secondary N) is 1. The Labute approximate surface area is 178 Å². The Morgan fingerprint density at radius 1 is 0.933 bits per heavy atom. The third kappa shape index (κ3) is 3.64. The van der Waals surface area contributed by atoms with Crippen LogP contribution in [0.4, 0.5) is 4.39 Å². The summed E-state index contributed by atoms with van der Waals surface area (Å²) in [5.41, 5.74) is 9.16. The summed E-state index contributed by atoms with van der Waals surface area (Å²) in [4.78, 5) is 3.61. The van der Waals surface area contributed by atoms with Crippen molar-refractivity contribution < 1.29 is 4.39 Å². The second-order valence-electron chi connectivity index (χ2n) is 8.96. The maximum Gasteiger partial charge on any atom is 0.127 e. The number of aryl methyl sites for hydroxylation is 1. The van der Waals surface area contributed by atoms with E-state index >= 15 is 4.39 Å². The van der Waals surface area contributed by atoms with Crippen molar-refractivity contribution in [2.45, 2.75) is 64.2 Å². The van der Waals surface area contributed by atoms with Gasteiger partial charge in [-0.15, -0.1) is 0 Å². The maximum absolute atomic E-state index is 15.1. The first-order valence-corrected chi connectivity index (χ1v) is 11.5. The molecule has 0 saturated carbocycles. The molecule has 154 valence electrons. The number of hydrogen-bond donors (Lipinski definition) is 1. The summed E-state index contributed by atoms with van der Waals surface area (Å²) in [5, 5.41) is 1.28. The average Bonchev–Trinajstić information content (AvgIpc) is 2.91. The van der Waals surface area contributed by atoms with Crippen LogP contribution in [0, 0.1) is 5.82 Å². The predicted molar refractivity (Wildman–Crippen MR) is 125 cm³/mol. The van der Waals surface area contributed by atoms with Crippen molar-refractivity contribution in [1.82, 2.24) is 4.98 Å². The molecule has 1 aromatic heterocycles. The van der Waals surface area contributed by atoms with Crippen LogP contribution in [-0.4, -0.2) is 4.98 Å². The topological polar surface area (TPSA) is 15.8 Å². The number of aromatic nitrogens is 1. The van der Waals surface area contributed by atoms with E-state index in [0.717, 1.165) is 67.3 Å². The molecule has 0 fully saturated rings. The molecule has 0 radical (unpaired) electrons. The summed E-state index contributed by atoms with van der Waals surface area (Å²) in [6.45, 7) is 4.33. The van der Waals surface area contributed by atoms with Crippen molar-refractivity contribution in [3.8, 4) is 11.3 Å². The third-order valence-electron chi connectivity index (χ3n) is 6.86. The van der Waals surface area contributed by atoms with Gasteiger partial charge in [-0.05, 0) is 92.2 Å². The van der Waals surface area contributed by atoms with Crippen LogP contribution in [0.1, 0.15) is 68.1 Å². The number of halogens is 1. The molecule has 0 saturated heterocycles. The van der Waals surface area contributed by atoms with Gasteiger partial charge in [-0.25, -0.2) is 4.39 Å². The van der Waals surface area contributed by atoms with E-state index < -0.39 is 0 Å². The van der Waals surface area contributed by atoms with E-state index in [1.165, 1.54) is 46.9 Å². The lowest BCUT2D eigenvalue weighted by molar-refractivity contribution is 0.612. The molecule has 30 heavy (non-hydrogen) atoms. The highest BCUT2D eigenvalue weighted by atomic mass is 19.1. The minimum Gasteiger partial charge on any atom is -0.354 e. The molecular formula is C28H30FN. The van der Waals surface area contributed by atoms with Crippen LogP contribution in [-0.2, 0) is 12.8 Å². The molecule has 0 spiro atoms. The normalized spacial score (nSPS) is 17.4. The second-order valence-corrected chi connectivity index (χ2v) is 8.96. The Kier molecular flexibility index (Phi) is 5.33. The highest BCUT2D eigenvalue weighted by molar-refractivity contribution is 5.99. The molecule has 2 aromatic carbocycles. The molecule has 5 rings (SSSR count). The van der Waals surface area contributed by atoms with Crippen LogP contribution in [0.5, 0.6) is 0 Å². The Bertz CT molecular complexity index is 1130. The zero-order chi connectivity index (χ0) is 20.5.